The van der Waals surface area contributed by atoms with Crippen LogP contribution in [0.25, 0.3) is 0 Å². The summed E-state index contributed by atoms with van der Waals surface area (Å²) in [6.07, 6.45) is 0. The SMILES string of the molecule is Cc1nc(C)c(C(=O)NNC(=O)c2ccccc2)cc1C(=O)NNC(=O)c1ccccc1. The molecule has 9 nitrogen and oxygen atoms in total. The van der Waals surface area contributed by atoms with E-state index in [2.05, 4.69) is 26.7 Å². The van der Waals surface area contributed by atoms with E-state index in [9.17, 15) is 19.2 Å². The molecule has 9 heteroatoms. The Bertz CT molecular complexity index is 1080. The fourth-order valence-electron chi connectivity index (χ4n) is 2.87. The van der Waals surface area contributed by atoms with Crippen molar-refractivity contribution in [1.29, 1.82) is 0 Å². The Morgan fingerprint density at radius 3 is 1.28 bits per heavy atom. The summed E-state index contributed by atoms with van der Waals surface area (Å²) in [6, 6.07) is 18.1. The molecule has 0 aliphatic heterocycles. The lowest BCUT2D eigenvalue weighted by molar-refractivity contribution is 0.0841. The number of nitrogens with one attached hydrogen (secondary N) is 4. The molecule has 4 N–H and O–H groups in total. The van der Waals surface area contributed by atoms with Crippen LogP contribution in [0.2, 0.25) is 0 Å². The minimum atomic E-state index is -0.637. The van der Waals surface area contributed by atoms with Gasteiger partial charge >= 0.3 is 0 Å². The topological polar surface area (TPSA) is 129 Å². The number of pyridine rings is 1. The smallest absolute Gasteiger partial charge is 0.267 e. The quantitative estimate of drug-likeness (QED) is 0.469. The number of hydrazine groups is 2. The monoisotopic (exact) mass is 431 g/mol. The van der Waals surface area contributed by atoms with Crippen LogP contribution >= 0.6 is 0 Å². The van der Waals surface area contributed by atoms with Crippen molar-refractivity contribution in [3.8, 4) is 0 Å². The molecule has 0 bridgehead atoms. The van der Waals surface area contributed by atoms with Crippen LogP contribution in [0.5, 0.6) is 0 Å². The van der Waals surface area contributed by atoms with Crippen molar-refractivity contribution in [2.75, 3.05) is 0 Å². The largest absolute Gasteiger partial charge is 0.271 e. The molecule has 1 heterocycles. The van der Waals surface area contributed by atoms with E-state index < -0.39 is 23.6 Å². The van der Waals surface area contributed by atoms with Gasteiger partial charge in [0.1, 0.15) is 0 Å². The standard InChI is InChI=1S/C23H21N5O4/c1-14-18(22(31)27-25-20(29)16-9-5-3-6-10-16)13-19(15(2)24-14)23(32)28-26-21(30)17-11-7-4-8-12-17/h3-13H,1-2H3,(H,25,29)(H,26,30)(H,27,31)(H,28,32). The summed E-state index contributed by atoms with van der Waals surface area (Å²) in [7, 11) is 0. The van der Waals surface area contributed by atoms with Crippen LogP contribution in [0.15, 0.2) is 66.7 Å². The van der Waals surface area contributed by atoms with Gasteiger partial charge in [-0.05, 0) is 44.2 Å². The van der Waals surface area contributed by atoms with Crippen molar-refractivity contribution >= 4 is 23.6 Å². The number of amides is 4. The Labute approximate surface area is 184 Å². The summed E-state index contributed by atoms with van der Waals surface area (Å²) in [6.45, 7) is 3.22. The first kappa shape index (κ1) is 22.2. The van der Waals surface area contributed by atoms with Gasteiger partial charge in [0.05, 0.1) is 22.5 Å². The summed E-state index contributed by atoms with van der Waals surface area (Å²) in [5, 5.41) is 0. The molecule has 0 aliphatic rings. The number of rotatable bonds is 4. The van der Waals surface area contributed by atoms with Gasteiger partial charge < -0.3 is 0 Å². The fourth-order valence-corrected chi connectivity index (χ4v) is 2.87. The van der Waals surface area contributed by atoms with E-state index in [1.165, 1.54) is 6.07 Å². The fraction of sp³-hybridized carbons (Fsp3) is 0.0870. The second kappa shape index (κ2) is 9.98. The summed E-state index contributed by atoms with van der Waals surface area (Å²) >= 11 is 0. The van der Waals surface area contributed by atoms with E-state index in [0.29, 0.717) is 22.5 Å². The third kappa shape index (κ3) is 5.33. The maximum Gasteiger partial charge on any atom is 0.271 e. The van der Waals surface area contributed by atoms with Crippen LogP contribution in [0.4, 0.5) is 0 Å². The molecule has 32 heavy (non-hydrogen) atoms. The van der Waals surface area contributed by atoms with Gasteiger partial charge in [-0.15, -0.1) is 0 Å². The van der Waals surface area contributed by atoms with Gasteiger partial charge in [-0.1, -0.05) is 36.4 Å². The van der Waals surface area contributed by atoms with Crippen LogP contribution < -0.4 is 21.7 Å². The molecule has 0 saturated heterocycles. The van der Waals surface area contributed by atoms with Crippen molar-refractivity contribution < 1.29 is 19.2 Å². The Morgan fingerprint density at radius 2 is 0.906 bits per heavy atom. The number of hydrogen-bond donors (Lipinski definition) is 4. The number of carbonyl (C=O) groups excluding carboxylic acids is 4. The highest BCUT2D eigenvalue weighted by molar-refractivity contribution is 6.03. The first-order valence-corrected chi connectivity index (χ1v) is 9.66. The van der Waals surface area contributed by atoms with Crippen molar-refractivity contribution in [3.63, 3.8) is 0 Å². The van der Waals surface area contributed by atoms with E-state index in [1.54, 1.807) is 74.5 Å². The highest BCUT2D eigenvalue weighted by atomic mass is 16.2. The second-order valence-corrected chi connectivity index (χ2v) is 6.80. The molecule has 0 spiro atoms. The van der Waals surface area contributed by atoms with Gasteiger partial charge in [0.15, 0.2) is 0 Å². The zero-order valence-corrected chi connectivity index (χ0v) is 17.4. The Balaban J connectivity index is 1.68. The van der Waals surface area contributed by atoms with E-state index in [-0.39, 0.29) is 11.1 Å². The van der Waals surface area contributed by atoms with Crippen molar-refractivity contribution in [2.24, 2.45) is 0 Å². The zero-order valence-electron chi connectivity index (χ0n) is 17.4. The molecule has 0 atom stereocenters. The molecule has 3 aromatic rings. The Kier molecular flexibility index (Phi) is 6.92. The maximum atomic E-state index is 12.6. The van der Waals surface area contributed by atoms with Crippen LogP contribution in [-0.2, 0) is 0 Å². The normalized spacial score (nSPS) is 10.1. The van der Waals surface area contributed by atoms with Crippen molar-refractivity contribution in [2.45, 2.75) is 13.8 Å². The lowest BCUT2D eigenvalue weighted by Gasteiger charge is -2.13. The molecular formula is C23H21N5O4. The number of carbonyl (C=O) groups is 4. The van der Waals surface area contributed by atoms with Gasteiger partial charge in [-0.3, -0.25) is 45.9 Å². The third-order valence-corrected chi connectivity index (χ3v) is 4.54. The number of aryl methyl sites for hydroxylation is 2. The summed E-state index contributed by atoms with van der Waals surface area (Å²) in [5.74, 6) is -2.25. The summed E-state index contributed by atoms with van der Waals surface area (Å²) in [4.78, 5) is 53.6. The Hall–Kier alpha value is -4.53. The molecule has 0 saturated carbocycles. The van der Waals surface area contributed by atoms with Gasteiger partial charge in [0.25, 0.3) is 23.6 Å². The molecule has 162 valence electrons. The molecule has 0 radical (unpaired) electrons. The van der Waals surface area contributed by atoms with E-state index in [1.807, 2.05) is 0 Å². The lowest BCUT2D eigenvalue weighted by Crippen LogP contribution is -2.43. The minimum Gasteiger partial charge on any atom is -0.267 e. The second-order valence-electron chi connectivity index (χ2n) is 6.80. The van der Waals surface area contributed by atoms with Crippen LogP contribution in [0, 0.1) is 13.8 Å². The van der Waals surface area contributed by atoms with Gasteiger partial charge in [-0.25, -0.2) is 0 Å². The average molecular weight is 431 g/mol. The maximum absolute atomic E-state index is 12.6. The Morgan fingerprint density at radius 1 is 0.562 bits per heavy atom. The van der Waals surface area contributed by atoms with Gasteiger partial charge in [-0.2, -0.15) is 0 Å². The first-order valence-electron chi connectivity index (χ1n) is 9.66. The minimum absolute atomic E-state index is 0.100. The summed E-state index contributed by atoms with van der Waals surface area (Å²) < 4.78 is 0. The molecule has 2 aromatic carbocycles. The van der Waals surface area contributed by atoms with Crippen LogP contribution in [-0.4, -0.2) is 28.6 Å². The van der Waals surface area contributed by atoms with E-state index in [4.69, 9.17) is 0 Å². The van der Waals surface area contributed by atoms with Crippen molar-refractivity contribution in [1.82, 2.24) is 26.7 Å². The van der Waals surface area contributed by atoms with E-state index in [0.717, 1.165) is 0 Å². The highest BCUT2D eigenvalue weighted by Gasteiger charge is 2.19. The molecule has 0 fully saturated rings. The predicted octanol–water partition coefficient (Wildman–Crippen LogP) is 1.85. The zero-order chi connectivity index (χ0) is 23.1. The first-order chi connectivity index (χ1) is 15.4. The van der Waals surface area contributed by atoms with Crippen LogP contribution in [0.1, 0.15) is 52.8 Å². The highest BCUT2D eigenvalue weighted by Crippen LogP contribution is 2.13. The molecule has 0 unspecified atom stereocenters. The molecular weight excluding hydrogens is 410 g/mol. The molecule has 4 amide bonds. The molecule has 1 aromatic heterocycles. The van der Waals surface area contributed by atoms with Crippen molar-refractivity contribution in [3.05, 3.63) is 100 Å². The third-order valence-electron chi connectivity index (χ3n) is 4.54. The number of benzene rings is 2. The van der Waals surface area contributed by atoms with Gasteiger partial charge in [0, 0.05) is 11.1 Å². The number of hydrogen-bond acceptors (Lipinski definition) is 5. The summed E-state index contributed by atoms with van der Waals surface area (Å²) in [5.41, 5.74) is 11.0. The predicted molar refractivity (Wildman–Crippen MR) is 116 cm³/mol. The number of aromatic nitrogens is 1. The number of nitrogens with zero attached hydrogens (tertiary/aromatic N) is 1. The average Bonchev–Trinajstić information content (AvgIpc) is 2.81. The molecule has 3 rings (SSSR count). The lowest BCUT2D eigenvalue weighted by atomic mass is 10.1. The van der Waals surface area contributed by atoms with Gasteiger partial charge in [0.2, 0.25) is 0 Å². The van der Waals surface area contributed by atoms with Crippen LogP contribution in [0.3, 0.4) is 0 Å². The molecule has 0 aliphatic carbocycles. The van der Waals surface area contributed by atoms with E-state index >= 15 is 0 Å².